The van der Waals surface area contributed by atoms with Gasteiger partial charge in [-0.25, -0.2) is 8.42 Å². The van der Waals surface area contributed by atoms with Gasteiger partial charge < -0.3 is 5.32 Å². The molecule has 1 aliphatic rings. The first kappa shape index (κ1) is 20.9. The van der Waals surface area contributed by atoms with E-state index in [1.165, 1.54) is 10.5 Å². The number of carbonyl (C=O) groups is 1. The highest BCUT2D eigenvalue weighted by Crippen LogP contribution is 2.36. The molecule has 1 N–H and O–H groups in total. The van der Waals surface area contributed by atoms with Gasteiger partial charge in [-0.05, 0) is 37.1 Å². The number of ketones is 1. The largest absolute Gasteiger partial charge is 0.386 e. The molecule has 0 aromatic heterocycles. The standard InChI is InChI=1S/C25H24N2O3S/c1-18-10-12-20(13-11-18)15-26-16-24-25(28)22-8-3-4-9-23(22)27(31(24,29)30)17-21-7-5-6-19(2)14-21/h3-14,16,26H,15,17H2,1-2H3. The van der Waals surface area contributed by atoms with Gasteiger partial charge in [-0.1, -0.05) is 71.8 Å². The fraction of sp³-hybridized carbons (Fsp3) is 0.160. The van der Waals surface area contributed by atoms with Gasteiger partial charge in [0.05, 0.1) is 12.2 Å². The minimum atomic E-state index is -4.02. The van der Waals surface area contributed by atoms with Crippen molar-refractivity contribution in [2.24, 2.45) is 0 Å². The van der Waals surface area contributed by atoms with Gasteiger partial charge in [-0.15, -0.1) is 0 Å². The molecule has 6 heteroatoms. The van der Waals surface area contributed by atoms with Gasteiger partial charge in [0.1, 0.15) is 0 Å². The molecule has 1 aliphatic heterocycles. The first-order valence-corrected chi connectivity index (χ1v) is 11.5. The predicted molar refractivity (Wildman–Crippen MR) is 123 cm³/mol. The van der Waals surface area contributed by atoms with Crippen LogP contribution < -0.4 is 9.62 Å². The molecule has 0 saturated heterocycles. The average molecular weight is 433 g/mol. The van der Waals surface area contributed by atoms with E-state index in [0.717, 1.165) is 22.3 Å². The van der Waals surface area contributed by atoms with E-state index >= 15 is 0 Å². The number of rotatable bonds is 5. The van der Waals surface area contributed by atoms with E-state index in [-0.39, 0.29) is 11.4 Å². The van der Waals surface area contributed by atoms with Crippen LogP contribution in [0.3, 0.4) is 0 Å². The van der Waals surface area contributed by atoms with Gasteiger partial charge in [0.25, 0.3) is 10.0 Å². The predicted octanol–water partition coefficient (Wildman–Crippen LogP) is 4.47. The third kappa shape index (κ3) is 4.25. The molecule has 0 spiro atoms. The smallest absolute Gasteiger partial charge is 0.270 e. The minimum Gasteiger partial charge on any atom is -0.386 e. The molecule has 0 atom stereocenters. The van der Waals surface area contributed by atoms with Crippen molar-refractivity contribution in [1.82, 2.24) is 5.32 Å². The van der Waals surface area contributed by atoms with Gasteiger partial charge in [-0.3, -0.25) is 9.10 Å². The number of anilines is 1. The number of hydrogen-bond donors (Lipinski definition) is 1. The number of aryl methyl sites for hydroxylation is 2. The lowest BCUT2D eigenvalue weighted by Gasteiger charge is -2.31. The Morgan fingerprint density at radius 3 is 2.35 bits per heavy atom. The lowest BCUT2D eigenvalue weighted by molar-refractivity contribution is 0.104. The zero-order valence-electron chi connectivity index (χ0n) is 17.5. The summed E-state index contributed by atoms with van der Waals surface area (Å²) in [6, 6.07) is 22.5. The van der Waals surface area contributed by atoms with E-state index in [0.29, 0.717) is 17.8 Å². The van der Waals surface area contributed by atoms with Crippen LogP contribution in [0.1, 0.15) is 32.6 Å². The molecule has 158 valence electrons. The second-order valence-corrected chi connectivity index (χ2v) is 9.55. The van der Waals surface area contributed by atoms with Crippen LogP contribution in [0.2, 0.25) is 0 Å². The molecule has 0 unspecified atom stereocenters. The highest BCUT2D eigenvalue weighted by Gasteiger charge is 2.39. The highest BCUT2D eigenvalue weighted by molar-refractivity contribution is 7.97. The Bertz CT molecular complexity index is 1260. The molecule has 0 aliphatic carbocycles. The molecule has 4 rings (SSSR count). The maximum atomic E-state index is 13.5. The molecule has 0 amide bonds. The van der Waals surface area contributed by atoms with Gasteiger partial charge in [0, 0.05) is 18.3 Å². The third-order valence-electron chi connectivity index (χ3n) is 5.28. The zero-order valence-corrected chi connectivity index (χ0v) is 18.3. The molecule has 3 aromatic carbocycles. The number of Topliss-reactive ketones (excluding diaryl/α,β-unsaturated/α-hetero) is 1. The van der Waals surface area contributed by atoms with Gasteiger partial charge in [0.2, 0.25) is 5.78 Å². The summed E-state index contributed by atoms with van der Waals surface area (Å²) >= 11 is 0. The Morgan fingerprint density at radius 1 is 0.871 bits per heavy atom. The van der Waals surface area contributed by atoms with Crippen LogP contribution in [-0.4, -0.2) is 14.2 Å². The van der Waals surface area contributed by atoms with E-state index in [1.807, 2.05) is 62.4 Å². The summed E-state index contributed by atoms with van der Waals surface area (Å²) in [5.74, 6) is -0.493. The van der Waals surface area contributed by atoms with Crippen molar-refractivity contribution in [3.8, 4) is 0 Å². The van der Waals surface area contributed by atoms with E-state index in [1.54, 1.807) is 24.3 Å². The fourth-order valence-electron chi connectivity index (χ4n) is 3.64. The van der Waals surface area contributed by atoms with Crippen LogP contribution in [0.5, 0.6) is 0 Å². The topological polar surface area (TPSA) is 66.5 Å². The zero-order chi connectivity index (χ0) is 22.0. The molecule has 1 heterocycles. The summed E-state index contributed by atoms with van der Waals surface area (Å²) < 4.78 is 28.2. The summed E-state index contributed by atoms with van der Waals surface area (Å²) in [6.45, 7) is 4.55. The molecule has 0 saturated carbocycles. The maximum Gasteiger partial charge on any atom is 0.270 e. The number of nitrogens with zero attached hydrogens (tertiary/aromatic N) is 1. The highest BCUT2D eigenvalue weighted by atomic mass is 32.2. The van der Waals surface area contributed by atoms with Crippen molar-refractivity contribution in [3.63, 3.8) is 0 Å². The van der Waals surface area contributed by atoms with Gasteiger partial charge in [0.15, 0.2) is 4.91 Å². The molecule has 5 nitrogen and oxygen atoms in total. The number of carbonyl (C=O) groups excluding carboxylic acids is 1. The maximum absolute atomic E-state index is 13.5. The molecular formula is C25H24N2O3S. The number of benzene rings is 3. The summed E-state index contributed by atoms with van der Waals surface area (Å²) in [5.41, 5.74) is 4.85. The number of sulfonamides is 1. The van der Waals surface area contributed by atoms with Crippen molar-refractivity contribution < 1.29 is 13.2 Å². The third-order valence-corrected chi connectivity index (χ3v) is 7.04. The van der Waals surface area contributed by atoms with Crippen molar-refractivity contribution >= 4 is 21.5 Å². The van der Waals surface area contributed by atoms with Crippen LogP contribution in [0.4, 0.5) is 5.69 Å². The van der Waals surface area contributed by atoms with E-state index in [4.69, 9.17) is 0 Å². The number of nitrogens with one attached hydrogen (secondary N) is 1. The monoisotopic (exact) mass is 432 g/mol. The second-order valence-electron chi connectivity index (χ2n) is 7.72. The van der Waals surface area contributed by atoms with Crippen molar-refractivity contribution in [2.45, 2.75) is 26.9 Å². The number of hydrogen-bond acceptors (Lipinski definition) is 4. The molecular weight excluding hydrogens is 408 g/mol. The summed E-state index contributed by atoms with van der Waals surface area (Å²) in [7, 11) is -4.02. The number of para-hydroxylation sites is 1. The first-order chi connectivity index (χ1) is 14.9. The Balaban J connectivity index is 1.69. The fourth-order valence-corrected chi connectivity index (χ4v) is 5.19. The van der Waals surface area contributed by atoms with Crippen LogP contribution in [0, 0.1) is 13.8 Å². The van der Waals surface area contributed by atoms with Crippen molar-refractivity contribution in [1.29, 1.82) is 0 Å². The van der Waals surface area contributed by atoms with E-state index < -0.39 is 15.8 Å². The quantitative estimate of drug-likeness (QED) is 0.604. The van der Waals surface area contributed by atoms with E-state index in [9.17, 15) is 13.2 Å². The van der Waals surface area contributed by atoms with Crippen molar-refractivity contribution in [2.75, 3.05) is 4.31 Å². The summed E-state index contributed by atoms with van der Waals surface area (Å²) in [6.07, 6.45) is 1.33. The lowest BCUT2D eigenvalue weighted by atomic mass is 10.1. The normalized spacial score (nSPS) is 16.3. The summed E-state index contributed by atoms with van der Waals surface area (Å²) in [4.78, 5) is 12.8. The minimum absolute atomic E-state index is 0.156. The molecule has 3 aromatic rings. The molecule has 0 radical (unpaired) electrons. The average Bonchev–Trinajstić information content (AvgIpc) is 2.75. The van der Waals surface area contributed by atoms with Crippen LogP contribution in [0.25, 0.3) is 0 Å². The van der Waals surface area contributed by atoms with Crippen LogP contribution >= 0.6 is 0 Å². The molecule has 0 fully saturated rings. The van der Waals surface area contributed by atoms with Crippen LogP contribution in [-0.2, 0) is 23.1 Å². The molecule has 0 bridgehead atoms. The Morgan fingerprint density at radius 2 is 1.61 bits per heavy atom. The molecule has 31 heavy (non-hydrogen) atoms. The number of fused-ring (bicyclic) bond motifs is 1. The number of allylic oxidation sites excluding steroid dienone is 1. The van der Waals surface area contributed by atoms with E-state index in [2.05, 4.69) is 5.32 Å². The SMILES string of the molecule is Cc1ccc(CNC=C2C(=O)c3ccccc3N(Cc3cccc(C)c3)S2(=O)=O)cc1. The Hall–Kier alpha value is -3.38. The first-order valence-electron chi connectivity index (χ1n) is 10.1. The second kappa shape index (κ2) is 8.40. The summed E-state index contributed by atoms with van der Waals surface area (Å²) in [5, 5.41) is 3.01. The Kier molecular flexibility index (Phi) is 5.65. The van der Waals surface area contributed by atoms with Crippen LogP contribution in [0.15, 0.2) is 83.9 Å². The lowest BCUT2D eigenvalue weighted by Crippen LogP contribution is -2.39. The van der Waals surface area contributed by atoms with Gasteiger partial charge in [-0.2, -0.15) is 0 Å². The Labute approximate surface area is 183 Å². The van der Waals surface area contributed by atoms with Gasteiger partial charge >= 0.3 is 0 Å². The van der Waals surface area contributed by atoms with Crippen molar-refractivity contribution in [3.05, 3.63) is 112 Å².